The molecule has 1 unspecified atom stereocenters. The maximum absolute atomic E-state index is 9.00. The smallest absolute Gasteiger partial charge is 0.128 e. The summed E-state index contributed by atoms with van der Waals surface area (Å²) in [5.41, 5.74) is 0.725. The molecular weight excluding hydrogens is 188 g/mol. The maximum atomic E-state index is 9.00. The molecule has 1 N–H and O–H groups in total. The number of nitrogens with zero attached hydrogens (tertiary/aromatic N) is 2. The Morgan fingerprint density at radius 1 is 1.47 bits per heavy atom. The second-order valence-electron chi connectivity index (χ2n) is 3.89. The molecule has 1 aromatic heterocycles. The molecule has 0 amide bonds. The summed E-state index contributed by atoms with van der Waals surface area (Å²) in [6, 6.07) is 6.23. The van der Waals surface area contributed by atoms with Gasteiger partial charge >= 0.3 is 0 Å². The SMILES string of the molecule is CCCC(C)N(C)c1cccc(CO)n1. The first-order valence-electron chi connectivity index (χ1n) is 5.48. The molecule has 15 heavy (non-hydrogen) atoms. The fourth-order valence-corrected chi connectivity index (χ4v) is 1.59. The molecule has 1 rings (SSSR count). The lowest BCUT2D eigenvalue weighted by atomic mass is 10.2. The molecule has 0 saturated heterocycles. The van der Waals surface area contributed by atoms with Gasteiger partial charge in [0.2, 0.25) is 0 Å². The van der Waals surface area contributed by atoms with Crippen molar-refractivity contribution in [2.75, 3.05) is 11.9 Å². The van der Waals surface area contributed by atoms with Crippen LogP contribution in [0.25, 0.3) is 0 Å². The molecule has 0 bridgehead atoms. The first-order chi connectivity index (χ1) is 7.19. The molecular formula is C12H20N2O. The van der Waals surface area contributed by atoms with Gasteiger partial charge in [-0.15, -0.1) is 0 Å². The third-order valence-corrected chi connectivity index (χ3v) is 2.68. The fraction of sp³-hybridized carbons (Fsp3) is 0.583. The van der Waals surface area contributed by atoms with Gasteiger partial charge in [0.25, 0.3) is 0 Å². The number of anilines is 1. The summed E-state index contributed by atoms with van der Waals surface area (Å²) in [6.07, 6.45) is 2.33. The maximum Gasteiger partial charge on any atom is 0.128 e. The van der Waals surface area contributed by atoms with Crippen molar-refractivity contribution in [3.05, 3.63) is 23.9 Å². The Kier molecular flexibility index (Phi) is 4.56. The van der Waals surface area contributed by atoms with Crippen molar-refractivity contribution < 1.29 is 5.11 Å². The minimum atomic E-state index is 0.00381. The van der Waals surface area contributed by atoms with Crippen LogP contribution in [0, 0.1) is 0 Å². The molecule has 84 valence electrons. The molecule has 3 nitrogen and oxygen atoms in total. The summed E-state index contributed by atoms with van der Waals surface area (Å²) in [7, 11) is 2.05. The topological polar surface area (TPSA) is 36.4 Å². The molecule has 0 saturated carbocycles. The van der Waals surface area contributed by atoms with Crippen molar-refractivity contribution >= 4 is 5.82 Å². The number of aromatic nitrogens is 1. The highest BCUT2D eigenvalue weighted by molar-refractivity contribution is 5.39. The molecule has 0 spiro atoms. The van der Waals surface area contributed by atoms with Crippen LogP contribution in [0.2, 0.25) is 0 Å². The Morgan fingerprint density at radius 3 is 2.80 bits per heavy atom. The van der Waals surface area contributed by atoms with E-state index < -0.39 is 0 Å². The van der Waals surface area contributed by atoms with Crippen LogP contribution in [-0.2, 0) is 6.61 Å². The molecule has 0 aliphatic carbocycles. The van der Waals surface area contributed by atoms with Gasteiger partial charge in [-0.2, -0.15) is 0 Å². The summed E-state index contributed by atoms with van der Waals surface area (Å²) in [6.45, 7) is 4.38. The Labute approximate surface area is 91.8 Å². The summed E-state index contributed by atoms with van der Waals surface area (Å²) >= 11 is 0. The predicted molar refractivity (Wildman–Crippen MR) is 62.9 cm³/mol. The van der Waals surface area contributed by atoms with E-state index in [-0.39, 0.29) is 6.61 Å². The lowest BCUT2D eigenvalue weighted by Crippen LogP contribution is -2.29. The van der Waals surface area contributed by atoms with Crippen LogP contribution in [0.15, 0.2) is 18.2 Å². The molecule has 0 radical (unpaired) electrons. The highest BCUT2D eigenvalue weighted by Crippen LogP contribution is 2.15. The summed E-state index contributed by atoms with van der Waals surface area (Å²) in [5.74, 6) is 0.933. The second-order valence-corrected chi connectivity index (χ2v) is 3.89. The zero-order chi connectivity index (χ0) is 11.3. The third kappa shape index (κ3) is 3.20. The van der Waals surface area contributed by atoms with Gasteiger partial charge in [0.05, 0.1) is 12.3 Å². The van der Waals surface area contributed by atoms with E-state index in [2.05, 4.69) is 23.7 Å². The van der Waals surface area contributed by atoms with Crippen molar-refractivity contribution in [2.24, 2.45) is 0 Å². The molecule has 0 aliphatic rings. The predicted octanol–water partition coefficient (Wildman–Crippen LogP) is 2.20. The van der Waals surface area contributed by atoms with Crippen molar-refractivity contribution in [1.82, 2.24) is 4.98 Å². The molecule has 1 atom stereocenters. The summed E-state index contributed by atoms with van der Waals surface area (Å²) in [5, 5.41) is 9.00. The van der Waals surface area contributed by atoms with Gasteiger partial charge in [-0.1, -0.05) is 19.4 Å². The molecule has 0 fully saturated rings. The molecule has 0 aromatic carbocycles. The number of aliphatic hydroxyl groups is 1. The number of rotatable bonds is 5. The monoisotopic (exact) mass is 208 g/mol. The van der Waals surface area contributed by atoms with Crippen LogP contribution in [0.1, 0.15) is 32.4 Å². The average molecular weight is 208 g/mol. The Hall–Kier alpha value is -1.09. The Balaban J connectivity index is 2.76. The van der Waals surface area contributed by atoms with Gasteiger partial charge in [-0.3, -0.25) is 0 Å². The largest absolute Gasteiger partial charge is 0.390 e. The van der Waals surface area contributed by atoms with E-state index in [1.807, 2.05) is 25.2 Å². The van der Waals surface area contributed by atoms with Crippen LogP contribution in [0.3, 0.4) is 0 Å². The summed E-state index contributed by atoms with van der Waals surface area (Å²) < 4.78 is 0. The van der Waals surface area contributed by atoms with Gasteiger partial charge in [0, 0.05) is 13.1 Å². The molecule has 1 heterocycles. The van der Waals surface area contributed by atoms with E-state index in [1.165, 1.54) is 6.42 Å². The number of aliphatic hydroxyl groups excluding tert-OH is 1. The quantitative estimate of drug-likeness (QED) is 0.806. The zero-order valence-electron chi connectivity index (χ0n) is 9.77. The highest BCUT2D eigenvalue weighted by Gasteiger charge is 2.10. The number of hydrogen-bond donors (Lipinski definition) is 1. The van der Waals surface area contributed by atoms with Crippen molar-refractivity contribution in [2.45, 2.75) is 39.3 Å². The van der Waals surface area contributed by atoms with E-state index in [9.17, 15) is 0 Å². The highest BCUT2D eigenvalue weighted by atomic mass is 16.3. The minimum Gasteiger partial charge on any atom is -0.390 e. The van der Waals surface area contributed by atoms with Gasteiger partial charge in [-0.05, 0) is 25.5 Å². The van der Waals surface area contributed by atoms with Gasteiger partial charge in [0.15, 0.2) is 0 Å². The van der Waals surface area contributed by atoms with E-state index >= 15 is 0 Å². The van der Waals surface area contributed by atoms with Crippen LogP contribution in [0.5, 0.6) is 0 Å². The first-order valence-corrected chi connectivity index (χ1v) is 5.48. The van der Waals surface area contributed by atoms with E-state index in [4.69, 9.17) is 5.11 Å². The number of pyridine rings is 1. The zero-order valence-corrected chi connectivity index (χ0v) is 9.77. The van der Waals surface area contributed by atoms with Crippen LogP contribution < -0.4 is 4.90 Å². The Morgan fingerprint density at radius 2 is 2.20 bits per heavy atom. The van der Waals surface area contributed by atoms with Gasteiger partial charge < -0.3 is 10.0 Å². The van der Waals surface area contributed by atoms with Crippen molar-refractivity contribution in [1.29, 1.82) is 0 Å². The lowest BCUT2D eigenvalue weighted by Gasteiger charge is -2.25. The van der Waals surface area contributed by atoms with Crippen LogP contribution in [0.4, 0.5) is 5.82 Å². The third-order valence-electron chi connectivity index (χ3n) is 2.68. The van der Waals surface area contributed by atoms with Gasteiger partial charge in [-0.25, -0.2) is 4.98 Å². The van der Waals surface area contributed by atoms with Crippen LogP contribution in [-0.4, -0.2) is 23.2 Å². The fourth-order valence-electron chi connectivity index (χ4n) is 1.59. The lowest BCUT2D eigenvalue weighted by molar-refractivity contribution is 0.277. The van der Waals surface area contributed by atoms with Crippen molar-refractivity contribution in [3.63, 3.8) is 0 Å². The molecule has 0 aliphatic heterocycles. The average Bonchev–Trinajstić information content (AvgIpc) is 2.28. The normalized spacial score (nSPS) is 12.5. The van der Waals surface area contributed by atoms with Crippen LogP contribution >= 0.6 is 0 Å². The molecule has 3 heteroatoms. The number of hydrogen-bond acceptors (Lipinski definition) is 3. The van der Waals surface area contributed by atoms with Crippen molar-refractivity contribution in [3.8, 4) is 0 Å². The molecule has 1 aromatic rings. The second kappa shape index (κ2) is 5.71. The Bertz CT molecular complexity index is 301. The summed E-state index contributed by atoms with van der Waals surface area (Å²) in [4.78, 5) is 6.53. The minimum absolute atomic E-state index is 0.00381. The first kappa shape index (κ1) is 12.0. The standard InChI is InChI=1S/C12H20N2O/c1-4-6-10(2)14(3)12-8-5-7-11(9-15)13-12/h5,7-8,10,15H,4,6,9H2,1-3H3. The van der Waals surface area contributed by atoms with E-state index in [0.29, 0.717) is 6.04 Å². The van der Waals surface area contributed by atoms with E-state index in [1.54, 1.807) is 0 Å². The van der Waals surface area contributed by atoms with Gasteiger partial charge in [0.1, 0.15) is 5.82 Å². The van der Waals surface area contributed by atoms with E-state index in [0.717, 1.165) is 17.9 Å².